The largest absolute Gasteiger partial charge is 0.489 e. The topological polar surface area (TPSA) is 98.6 Å². The van der Waals surface area contributed by atoms with Crippen molar-refractivity contribution in [3.63, 3.8) is 0 Å². The number of carboxylic acid groups (broad SMARTS) is 1. The molecular weight excluding hydrogens is 208 g/mol. The number of ether oxygens (including phenoxy) is 1. The average molecular weight is 222 g/mol. The summed E-state index contributed by atoms with van der Waals surface area (Å²) in [6.07, 6.45) is 1.81. The van der Waals surface area contributed by atoms with Gasteiger partial charge in [-0.3, -0.25) is 0 Å². The Kier molecular flexibility index (Phi) is 2.47. The van der Waals surface area contributed by atoms with Gasteiger partial charge in [0.1, 0.15) is 12.2 Å². The van der Waals surface area contributed by atoms with E-state index in [1.165, 1.54) is 6.07 Å². The van der Waals surface area contributed by atoms with E-state index in [4.69, 9.17) is 21.3 Å². The zero-order valence-corrected chi connectivity index (χ0v) is 8.77. The summed E-state index contributed by atoms with van der Waals surface area (Å²) in [6.45, 7) is 0.307. The standard InChI is InChI=1S/C11H14N2O3/c12-8-3-1-2-7(10(14)15)9(8)16-6-11(13)4-5-11/h1-3H,4-6,12-13H2,(H,14,15). The maximum atomic E-state index is 10.9. The van der Waals surface area contributed by atoms with Gasteiger partial charge < -0.3 is 21.3 Å². The Morgan fingerprint density at radius 1 is 1.50 bits per heavy atom. The van der Waals surface area contributed by atoms with Gasteiger partial charge in [-0.25, -0.2) is 4.79 Å². The molecule has 0 heterocycles. The van der Waals surface area contributed by atoms with Crippen molar-refractivity contribution in [3.05, 3.63) is 23.8 Å². The highest BCUT2D eigenvalue weighted by Crippen LogP contribution is 2.34. The molecule has 5 N–H and O–H groups in total. The van der Waals surface area contributed by atoms with Crippen molar-refractivity contribution >= 4 is 11.7 Å². The molecule has 1 aromatic rings. The van der Waals surface area contributed by atoms with Crippen molar-refractivity contribution in [3.8, 4) is 5.75 Å². The number of hydrogen-bond donors (Lipinski definition) is 3. The van der Waals surface area contributed by atoms with E-state index in [9.17, 15) is 4.79 Å². The van der Waals surface area contributed by atoms with E-state index in [0.29, 0.717) is 12.3 Å². The summed E-state index contributed by atoms with van der Waals surface area (Å²) >= 11 is 0. The van der Waals surface area contributed by atoms with Crippen molar-refractivity contribution in [2.24, 2.45) is 5.73 Å². The number of carboxylic acids is 1. The third-order valence-electron chi connectivity index (χ3n) is 2.67. The van der Waals surface area contributed by atoms with Crippen molar-refractivity contribution in [1.29, 1.82) is 0 Å². The van der Waals surface area contributed by atoms with Gasteiger partial charge in [0.15, 0.2) is 5.75 Å². The Labute approximate surface area is 93.0 Å². The molecule has 1 saturated carbocycles. The zero-order chi connectivity index (χ0) is 11.8. The molecule has 0 aromatic heterocycles. The highest BCUT2D eigenvalue weighted by molar-refractivity contribution is 5.93. The first-order valence-electron chi connectivity index (χ1n) is 5.05. The first-order valence-corrected chi connectivity index (χ1v) is 5.05. The van der Waals surface area contributed by atoms with Gasteiger partial charge in [-0.2, -0.15) is 0 Å². The SMILES string of the molecule is Nc1cccc(C(=O)O)c1OCC1(N)CC1. The molecule has 86 valence electrons. The number of aromatic carboxylic acids is 1. The van der Waals surface area contributed by atoms with Crippen LogP contribution in [0, 0.1) is 0 Å². The predicted octanol–water partition coefficient (Wildman–Crippen LogP) is 0.837. The number of para-hydroxylation sites is 1. The smallest absolute Gasteiger partial charge is 0.339 e. The van der Waals surface area contributed by atoms with E-state index in [2.05, 4.69) is 0 Å². The predicted molar refractivity (Wildman–Crippen MR) is 59.5 cm³/mol. The van der Waals surface area contributed by atoms with Crippen LogP contribution in [-0.4, -0.2) is 23.2 Å². The average Bonchev–Trinajstić information content (AvgIpc) is 2.95. The normalized spacial score (nSPS) is 16.8. The molecule has 0 amide bonds. The molecule has 0 saturated heterocycles. The van der Waals surface area contributed by atoms with Crippen LogP contribution in [0.5, 0.6) is 5.75 Å². The minimum absolute atomic E-state index is 0.0734. The van der Waals surface area contributed by atoms with Crippen LogP contribution in [0.15, 0.2) is 18.2 Å². The maximum Gasteiger partial charge on any atom is 0.339 e. The lowest BCUT2D eigenvalue weighted by Gasteiger charge is -2.14. The van der Waals surface area contributed by atoms with Crippen LogP contribution in [0.4, 0.5) is 5.69 Å². The van der Waals surface area contributed by atoms with Gasteiger partial charge in [0.05, 0.1) is 11.2 Å². The molecule has 1 aromatic carbocycles. The lowest BCUT2D eigenvalue weighted by molar-refractivity contribution is 0.0691. The van der Waals surface area contributed by atoms with Crippen LogP contribution in [0.3, 0.4) is 0 Å². The van der Waals surface area contributed by atoms with Crippen molar-refractivity contribution in [2.45, 2.75) is 18.4 Å². The summed E-state index contributed by atoms with van der Waals surface area (Å²) in [5.74, 6) is -0.837. The van der Waals surface area contributed by atoms with E-state index in [0.717, 1.165) is 12.8 Å². The van der Waals surface area contributed by atoms with Crippen LogP contribution >= 0.6 is 0 Å². The number of rotatable bonds is 4. The number of carbonyl (C=O) groups is 1. The minimum Gasteiger partial charge on any atom is -0.489 e. The van der Waals surface area contributed by atoms with Gasteiger partial charge in [0.2, 0.25) is 0 Å². The summed E-state index contributed by atoms with van der Waals surface area (Å²) in [6, 6.07) is 4.66. The quantitative estimate of drug-likeness (QED) is 0.655. The Morgan fingerprint density at radius 3 is 2.75 bits per heavy atom. The molecule has 1 fully saturated rings. The molecule has 2 rings (SSSR count). The number of benzene rings is 1. The second-order valence-corrected chi connectivity index (χ2v) is 4.18. The molecule has 0 atom stereocenters. The first-order chi connectivity index (χ1) is 7.52. The Balaban J connectivity index is 2.20. The molecule has 5 nitrogen and oxygen atoms in total. The van der Waals surface area contributed by atoms with Gasteiger partial charge >= 0.3 is 5.97 Å². The van der Waals surface area contributed by atoms with E-state index in [-0.39, 0.29) is 16.9 Å². The van der Waals surface area contributed by atoms with Crippen LogP contribution < -0.4 is 16.2 Å². The van der Waals surface area contributed by atoms with E-state index >= 15 is 0 Å². The lowest BCUT2D eigenvalue weighted by atomic mass is 10.1. The highest BCUT2D eigenvalue weighted by atomic mass is 16.5. The maximum absolute atomic E-state index is 10.9. The van der Waals surface area contributed by atoms with Crippen LogP contribution in [-0.2, 0) is 0 Å². The Morgan fingerprint density at radius 2 is 2.19 bits per heavy atom. The summed E-state index contributed by atoms with van der Waals surface area (Å²) < 4.78 is 5.43. The summed E-state index contributed by atoms with van der Waals surface area (Å²) in [7, 11) is 0. The fourth-order valence-corrected chi connectivity index (χ4v) is 1.41. The Bertz CT molecular complexity index is 427. The number of nitrogens with two attached hydrogens (primary N) is 2. The van der Waals surface area contributed by atoms with E-state index < -0.39 is 5.97 Å². The summed E-state index contributed by atoms with van der Waals surface area (Å²) in [5, 5.41) is 8.97. The molecule has 1 aliphatic carbocycles. The first kappa shape index (κ1) is 10.8. The van der Waals surface area contributed by atoms with Crippen LogP contribution in [0.25, 0.3) is 0 Å². The molecule has 0 radical (unpaired) electrons. The zero-order valence-electron chi connectivity index (χ0n) is 8.77. The molecule has 0 unspecified atom stereocenters. The fraction of sp³-hybridized carbons (Fsp3) is 0.364. The van der Waals surface area contributed by atoms with Crippen LogP contribution in [0.2, 0.25) is 0 Å². The highest BCUT2D eigenvalue weighted by Gasteiger charge is 2.39. The third kappa shape index (κ3) is 2.09. The minimum atomic E-state index is -1.05. The summed E-state index contributed by atoms with van der Waals surface area (Å²) in [5.41, 5.74) is 11.6. The second kappa shape index (κ2) is 3.68. The van der Waals surface area contributed by atoms with Gasteiger partial charge in [0, 0.05) is 0 Å². The number of nitrogen functional groups attached to an aromatic ring is 1. The molecular formula is C11H14N2O3. The molecule has 5 heteroatoms. The fourth-order valence-electron chi connectivity index (χ4n) is 1.41. The molecule has 1 aliphatic rings. The number of anilines is 1. The molecule has 16 heavy (non-hydrogen) atoms. The van der Waals surface area contributed by atoms with Crippen LogP contribution in [0.1, 0.15) is 23.2 Å². The monoisotopic (exact) mass is 222 g/mol. The second-order valence-electron chi connectivity index (χ2n) is 4.18. The van der Waals surface area contributed by atoms with Crippen molar-refractivity contribution in [2.75, 3.05) is 12.3 Å². The van der Waals surface area contributed by atoms with Gasteiger partial charge in [0.25, 0.3) is 0 Å². The summed E-state index contributed by atoms with van der Waals surface area (Å²) in [4.78, 5) is 10.9. The third-order valence-corrected chi connectivity index (χ3v) is 2.67. The van der Waals surface area contributed by atoms with Crippen molar-refractivity contribution < 1.29 is 14.6 Å². The molecule has 0 spiro atoms. The van der Waals surface area contributed by atoms with Gasteiger partial charge in [-0.05, 0) is 25.0 Å². The van der Waals surface area contributed by atoms with Crippen molar-refractivity contribution in [1.82, 2.24) is 0 Å². The van der Waals surface area contributed by atoms with E-state index in [1.807, 2.05) is 0 Å². The van der Waals surface area contributed by atoms with Gasteiger partial charge in [-0.1, -0.05) is 6.07 Å². The lowest BCUT2D eigenvalue weighted by Crippen LogP contribution is -2.30. The molecule has 0 bridgehead atoms. The van der Waals surface area contributed by atoms with E-state index in [1.54, 1.807) is 12.1 Å². The molecule has 0 aliphatic heterocycles. The number of hydrogen-bond acceptors (Lipinski definition) is 4. The van der Waals surface area contributed by atoms with Gasteiger partial charge in [-0.15, -0.1) is 0 Å². The Hall–Kier alpha value is -1.75.